The lowest BCUT2D eigenvalue weighted by molar-refractivity contribution is -0.0626. The second-order valence-electron chi connectivity index (χ2n) is 5.29. The number of anilines is 1. The molecular formula is C14H24N4O. The average molecular weight is 264 g/mol. The van der Waals surface area contributed by atoms with Crippen LogP contribution in [0.1, 0.15) is 49.8 Å². The summed E-state index contributed by atoms with van der Waals surface area (Å²) in [5, 5.41) is 0. The highest BCUT2D eigenvalue weighted by Crippen LogP contribution is 2.43. The van der Waals surface area contributed by atoms with Crippen molar-refractivity contribution in [2.45, 2.75) is 51.2 Å². The molecule has 1 aromatic heterocycles. The summed E-state index contributed by atoms with van der Waals surface area (Å²) in [5.41, 5.74) is 10.7. The van der Waals surface area contributed by atoms with Gasteiger partial charge in [-0.2, -0.15) is 0 Å². The summed E-state index contributed by atoms with van der Waals surface area (Å²) >= 11 is 0. The molecule has 0 bridgehead atoms. The number of ether oxygens (including phenoxy) is 1. The second-order valence-corrected chi connectivity index (χ2v) is 5.29. The SMILES string of the molecule is CCOC1(C(NN)c2cc(C)cnc2N)CCCC1. The van der Waals surface area contributed by atoms with Crippen molar-refractivity contribution in [3.63, 3.8) is 0 Å². The van der Waals surface area contributed by atoms with Gasteiger partial charge in [-0.05, 0) is 38.3 Å². The van der Waals surface area contributed by atoms with Crippen LogP contribution in [0.3, 0.4) is 0 Å². The van der Waals surface area contributed by atoms with Crippen LogP contribution in [0.15, 0.2) is 12.3 Å². The van der Waals surface area contributed by atoms with Crippen LogP contribution in [0.2, 0.25) is 0 Å². The number of hydrogen-bond donors (Lipinski definition) is 3. The van der Waals surface area contributed by atoms with Crippen molar-refractivity contribution in [2.24, 2.45) is 5.84 Å². The van der Waals surface area contributed by atoms with E-state index >= 15 is 0 Å². The summed E-state index contributed by atoms with van der Waals surface area (Å²) in [7, 11) is 0. The van der Waals surface area contributed by atoms with Crippen LogP contribution in [0.4, 0.5) is 5.82 Å². The maximum absolute atomic E-state index is 6.07. The van der Waals surface area contributed by atoms with Gasteiger partial charge in [0, 0.05) is 18.4 Å². The molecule has 5 N–H and O–H groups in total. The van der Waals surface area contributed by atoms with Gasteiger partial charge in [-0.25, -0.2) is 10.4 Å². The fourth-order valence-corrected chi connectivity index (χ4v) is 3.14. The van der Waals surface area contributed by atoms with Crippen LogP contribution in [0.25, 0.3) is 0 Å². The fourth-order valence-electron chi connectivity index (χ4n) is 3.14. The lowest BCUT2D eigenvalue weighted by Crippen LogP contribution is -2.47. The Labute approximate surface area is 114 Å². The van der Waals surface area contributed by atoms with Gasteiger partial charge in [-0.3, -0.25) is 5.84 Å². The molecule has 5 nitrogen and oxygen atoms in total. The molecule has 1 saturated carbocycles. The molecule has 5 heteroatoms. The molecule has 0 aromatic carbocycles. The minimum Gasteiger partial charge on any atom is -0.383 e. The molecule has 0 aliphatic heterocycles. The number of pyridine rings is 1. The smallest absolute Gasteiger partial charge is 0.128 e. The van der Waals surface area contributed by atoms with Crippen molar-refractivity contribution in [2.75, 3.05) is 12.3 Å². The summed E-state index contributed by atoms with van der Waals surface area (Å²) < 4.78 is 6.07. The van der Waals surface area contributed by atoms with E-state index in [1.54, 1.807) is 6.20 Å². The number of nitrogens with two attached hydrogens (primary N) is 2. The van der Waals surface area contributed by atoms with Crippen molar-refractivity contribution < 1.29 is 4.74 Å². The molecule has 1 unspecified atom stereocenters. The summed E-state index contributed by atoms with van der Waals surface area (Å²) in [5.74, 6) is 6.33. The van der Waals surface area contributed by atoms with Gasteiger partial charge < -0.3 is 10.5 Å². The van der Waals surface area contributed by atoms with E-state index < -0.39 is 0 Å². The Morgan fingerprint density at radius 2 is 2.16 bits per heavy atom. The minimum atomic E-state index is -0.257. The molecule has 0 spiro atoms. The van der Waals surface area contributed by atoms with Crippen molar-refractivity contribution in [1.82, 2.24) is 10.4 Å². The third kappa shape index (κ3) is 2.73. The molecule has 0 radical (unpaired) electrons. The molecule has 2 rings (SSSR count). The second kappa shape index (κ2) is 5.86. The maximum atomic E-state index is 6.07. The first kappa shape index (κ1) is 14.2. The summed E-state index contributed by atoms with van der Waals surface area (Å²) in [6.45, 7) is 4.70. The van der Waals surface area contributed by atoms with E-state index in [2.05, 4.69) is 10.4 Å². The van der Waals surface area contributed by atoms with Gasteiger partial charge in [-0.1, -0.05) is 12.8 Å². The standard InChI is InChI=1S/C14H24N4O/c1-3-19-14(6-4-5-7-14)12(18-16)11-8-10(2)9-17-13(11)15/h8-9,12,18H,3-7,16H2,1-2H3,(H2,15,17). The van der Waals surface area contributed by atoms with Gasteiger partial charge in [0.1, 0.15) is 5.82 Å². The Morgan fingerprint density at radius 3 is 2.74 bits per heavy atom. The number of aryl methyl sites for hydroxylation is 1. The zero-order chi connectivity index (χ0) is 13.9. The van der Waals surface area contributed by atoms with E-state index in [0.717, 1.165) is 36.8 Å². The molecule has 1 aromatic rings. The zero-order valence-corrected chi connectivity index (χ0v) is 11.8. The third-order valence-electron chi connectivity index (χ3n) is 3.97. The van der Waals surface area contributed by atoms with Crippen molar-refractivity contribution in [3.8, 4) is 0 Å². The molecule has 0 saturated heterocycles. The highest BCUT2D eigenvalue weighted by atomic mass is 16.5. The lowest BCUT2D eigenvalue weighted by Gasteiger charge is -2.37. The van der Waals surface area contributed by atoms with Crippen LogP contribution in [-0.2, 0) is 4.74 Å². The predicted octanol–water partition coefficient (Wildman–Crippen LogP) is 1.83. The molecule has 1 aliphatic carbocycles. The van der Waals surface area contributed by atoms with Crippen LogP contribution in [0, 0.1) is 6.92 Å². The van der Waals surface area contributed by atoms with Crippen molar-refractivity contribution in [1.29, 1.82) is 0 Å². The van der Waals surface area contributed by atoms with E-state index in [9.17, 15) is 0 Å². The third-order valence-corrected chi connectivity index (χ3v) is 3.97. The average Bonchev–Trinajstić information content (AvgIpc) is 2.84. The van der Waals surface area contributed by atoms with Gasteiger partial charge in [0.25, 0.3) is 0 Å². The Hall–Kier alpha value is -1.17. The van der Waals surface area contributed by atoms with Crippen molar-refractivity contribution in [3.05, 3.63) is 23.4 Å². The fraction of sp³-hybridized carbons (Fsp3) is 0.643. The number of hydrogen-bond acceptors (Lipinski definition) is 5. The molecule has 1 fully saturated rings. The quantitative estimate of drug-likeness (QED) is 0.558. The summed E-state index contributed by atoms with van der Waals surface area (Å²) in [6.07, 6.45) is 6.11. The minimum absolute atomic E-state index is 0.109. The van der Waals surface area contributed by atoms with Gasteiger partial charge in [0.2, 0.25) is 0 Å². The monoisotopic (exact) mass is 264 g/mol. The van der Waals surface area contributed by atoms with Crippen LogP contribution in [0.5, 0.6) is 0 Å². The molecular weight excluding hydrogens is 240 g/mol. The Morgan fingerprint density at radius 1 is 1.47 bits per heavy atom. The Bertz CT molecular complexity index is 429. The highest BCUT2D eigenvalue weighted by Gasteiger charge is 2.43. The molecule has 1 heterocycles. The van der Waals surface area contributed by atoms with Gasteiger partial charge in [-0.15, -0.1) is 0 Å². The number of aromatic nitrogens is 1. The first-order valence-electron chi connectivity index (χ1n) is 6.95. The number of rotatable bonds is 5. The molecule has 0 amide bonds. The Balaban J connectivity index is 2.39. The van der Waals surface area contributed by atoms with E-state index in [4.69, 9.17) is 16.3 Å². The number of nitrogen functional groups attached to an aromatic ring is 1. The largest absolute Gasteiger partial charge is 0.383 e. The predicted molar refractivity (Wildman–Crippen MR) is 76.3 cm³/mol. The van der Waals surface area contributed by atoms with Gasteiger partial charge in [0.05, 0.1) is 11.6 Å². The topological polar surface area (TPSA) is 86.2 Å². The lowest BCUT2D eigenvalue weighted by atomic mass is 9.86. The molecule has 1 aliphatic rings. The van der Waals surface area contributed by atoms with E-state index in [-0.39, 0.29) is 11.6 Å². The van der Waals surface area contributed by atoms with Gasteiger partial charge >= 0.3 is 0 Å². The number of nitrogens with zero attached hydrogens (tertiary/aromatic N) is 1. The van der Waals surface area contributed by atoms with Crippen LogP contribution >= 0.6 is 0 Å². The van der Waals surface area contributed by atoms with E-state index in [1.807, 2.05) is 19.9 Å². The molecule has 106 valence electrons. The van der Waals surface area contributed by atoms with Crippen LogP contribution < -0.4 is 17.0 Å². The zero-order valence-electron chi connectivity index (χ0n) is 11.8. The maximum Gasteiger partial charge on any atom is 0.128 e. The van der Waals surface area contributed by atoms with E-state index in [0.29, 0.717) is 12.4 Å². The highest BCUT2D eigenvalue weighted by molar-refractivity contribution is 5.44. The van der Waals surface area contributed by atoms with E-state index in [1.165, 1.54) is 0 Å². The first-order valence-corrected chi connectivity index (χ1v) is 6.95. The molecule has 1 atom stereocenters. The number of nitrogens with one attached hydrogen (secondary N) is 1. The number of hydrazine groups is 1. The normalized spacial score (nSPS) is 19.5. The first-order chi connectivity index (χ1) is 9.13. The Kier molecular flexibility index (Phi) is 4.39. The summed E-state index contributed by atoms with van der Waals surface area (Å²) in [6, 6.07) is 1.94. The van der Waals surface area contributed by atoms with Crippen LogP contribution in [-0.4, -0.2) is 17.2 Å². The van der Waals surface area contributed by atoms with Crippen molar-refractivity contribution >= 4 is 5.82 Å². The summed E-state index contributed by atoms with van der Waals surface area (Å²) in [4.78, 5) is 4.24. The molecule has 19 heavy (non-hydrogen) atoms. The van der Waals surface area contributed by atoms with Gasteiger partial charge in [0.15, 0.2) is 0 Å².